The Bertz CT molecular complexity index is 824. The van der Waals surface area contributed by atoms with Gasteiger partial charge in [0.05, 0.1) is 5.69 Å². The minimum atomic E-state index is -0.809. The number of carboxylic acids is 1. The molecule has 3 rings (SSSR count). The number of nitrogens with zero attached hydrogens (tertiary/aromatic N) is 4. The molecule has 0 atom stereocenters. The standard InChI is InChI=1S/C11H12N4O.C8H14O2/c1-7-8-4-2-3-5-9(8)15-11(12-7)13-10(6-16)14-15;1-3-4-5-6-7(2)8(9)10/h6H,2-5H2,1H3;6H,3-5H2,1-2H3,(H,9,10). The highest BCUT2D eigenvalue weighted by Crippen LogP contribution is 2.23. The number of rotatable bonds is 5. The molecule has 0 saturated carbocycles. The number of fused-ring (bicyclic) bond motifs is 3. The number of hydrogen-bond donors (Lipinski definition) is 1. The minimum absolute atomic E-state index is 0.214. The van der Waals surface area contributed by atoms with Crippen LogP contribution in [-0.2, 0) is 17.6 Å². The molecular weight excluding hydrogens is 332 g/mol. The predicted molar refractivity (Wildman–Crippen MR) is 98.5 cm³/mol. The van der Waals surface area contributed by atoms with E-state index in [9.17, 15) is 9.59 Å². The molecule has 1 N–H and O–H groups in total. The van der Waals surface area contributed by atoms with Crippen molar-refractivity contribution in [3.63, 3.8) is 0 Å². The maximum absolute atomic E-state index is 10.7. The van der Waals surface area contributed by atoms with E-state index in [2.05, 4.69) is 22.0 Å². The quantitative estimate of drug-likeness (QED) is 0.500. The number of aliphatic carboxylic acids is 1. The molecule has 0 radical (unpaired) electrons. The molecule has 2 aromatic rings. The summed E-state index contributed by atoms with van der Waals surface area (Å²) in [6, 6.07) is 0. The number of carboxylic acid groups (broad SMARTS) is 1. The van der Waals surface area contributed by atoms with E-state index in [0.29, 0.717) is 17.6 Å². The molecule has 0 fully saturated rings. The maximum Gasteiger partial charge on any atom is 0.330 e. The fourth-order valence-corrected chi connectivity index (χ4v) is 2.96. The first kappa shape index (κ1) is 19.8. The van der Waals surface area contributed by atoms with Crippen molar-refractivity contribution >= 4 is 18.0 Å². The van der Waals surface area contributed by atoms with Crippen LogP contribution in [0.15, 0.2) is 11.6 Å². The molecule has 7 heteroatoms. The first-order valence-corrected chi connectivity index (χ1v) is 9.08. The molecule has 0 spiro atoms. The van der Waals surface area contributed by atoms with Crippen LogP contribution in [0.1, 0.15) is 73.5 Å². The summed E-state index contributed by atoms with van der Waals surface area (Å²) in [7, 11) is 0. The number of aryl methyl sites for hydroxylation is 2. The van der Waals surface area contributed by atoms with Crippen LogP contribution >= 0.6 is 0 Å². The van der Waals surface area contributed by atoms with Crippen molar-refractivity contribution in [1.82, 2.24) is 19.6 Å². The van der Waals surface area contributed by atoms with Crippen molar-refractivity contribution in [2.24, 2.45) is 0 Å². The SMILES string of the molecule is CCCCC=C(C)C(=O)O.Cc1nc2nc(C=O)nn2c2c1CCCC2. The van der Waals surface area contributed by atoms with Crippen molar-refractivity contribution in [1.29, 1.82) is 0 Å². The van der Waals surface area contributed by atoms with E-state index in [0.717, 1.165) is 37.8 Å². The van der Waals surface area contributed by atoms with E-state index >= 15 is 0 Å². The number of unbranched alkanes of at least 4 members (excludes halogenated alkanes) is 2. The molecule has 0 aromatic carbocycles. The van der Waals surface area contributed by atoms with E-state index in [-0.39, 0.29) is 5.82 Å². The molecule has 1 aliphatic carbocycles. The Morgan fingerprint density at radius 3 is 2.65 bits per heavy atom. The summed E-state index contributed by atoms with van der Waals surface area (Å²) in [5.41, 5.74) is 3.93. The highest BCUT2D eigenvalue weighted by Gasteiger charge is 2.18. The fourth-order valence-electron chi connectivity index (χ4n) is 2.96. The summed E-state index contributed by atoms with van der Waals surface area (Å²) in [5, 5.41) is 12.6. The smallest absolute Gasteiger partial charge is 0.330 e. The Morgan fingerprint density at radius 1 is 1.27 bits per heavy atom. The number of aldehydes is 1. The van der Waals surface area contributed by atoms with E-state index in [1.807, 2.05) is 6.92 Å². The first-order valence-electron chi connectivity index (χ1n) is 9.08. The van der Waals surface area contributed by atoms with Crippen LogP contribution in [0.25, 0.3) is 5.78 Å². The zero-order valence-corrected chi connectivity index (χ0v) is 15.7. The molecule has 2 aromatic heterocycles. The van der Waals surface area contributed by atoms with E-state index in [1.165, 1.54) is 24.1 Å². The summed E-state index contributed by atoms with van der Waals surface area (Å²) in [5.74, 6) is -0.0535. The van der Waals surface area contributed by atoms with Gasteiger partial charge in [0.25, 0.3) is 5.78 Å². The summed E-state index contributed by atoms with van der Waals surface area (Å²) in [4.78, 5) is 29.3. The van der Waals surface area contributed by atoms with Crippen LogP contribution in [0.2, 0.25) is 0 Å². The second-order valence-electron chi connectivity index (χ2n) is 6.46. The fraction of sp³-hybridized carbons (Fsp3) is 0.526. The first-order chi connectivity index (χ1) is 12.5. The molecular formula is C19H26N4O3. The zero-order chi connectivity index (χ0) is 19.1. The van der Waals surface area contributed by atoms with Gasteiger partial charge in [0.1, 0.15) is 0 Å². The lowest BCUT2D eigenvalue weighted by molar-refractivity contribution is -0.132. The van der Waals surface area contributed by atoms with Crippen LogP contribution < -0.4 is 0 Å². The third kappa shape index (κ3) is 4.74. The van der Waals surface area contributed by atoms with Gasteiger partial charge < -0.3 is 5.11 Å². The Morgan fingerprint density at radius 2 is 2.00 bits per heavy atom. The average molecular weight is 358 g/mol. The van der Waals surface area contributed by atoms with Crippen LogP contribution in [0.5, 0.6) is 0 Å². The summed E-state index contributed by atoms with van der Waals surface area (Å²) in [6.07, 6.45) is 9.93. The van der Waals surface area contributed by atoms with Crippen molar-refractivity contribution in [2.45, 2.75) is 65.7 Å². The molecule has 26 heavy (non-hydrogen) atoms. The van der Waals surface area contributed by atoms with Gasteiger partial charge in [-0.15, -0.1) is 5.10 Å². The average Bonchev–Trinajstić information content (AvgIpc) is 3.06. The Balaban J connectivity index is 0.000000213. The van der Waals surface area contributed by atoms with Crippen LogP contribution in [0.3, 0.4) is 0 Å². The minimum Gasteiger partial charge on any atom is -0.478 e. The molecule has 1 aliphatic rings. The number of carbonyl (C=O) groups is 2. The van der Waals surface area contributed by atoms with Crippen molar-refractivity contribution in [3.8, 4) is 0 Å². The van der Waals surface area contributed by atoms with Crippen LogP contribution in [0.4, 0.5) is 0 Å². The van der Waals surface area contributed by atoms with Gasteiger partial charge in [0.15, 0.2) is 6.29 Å². The van der Waals surface area contributed by atoms with Gasteiger partial charge in [0, 0.05) is 11.3 Å². The summed E-state index contributed by atoms with van der Waals surface area (Å²) >= 11 is 0. The van der Waals surface area contributed by atoms with E-state index < -0.39 is 5.97 Å². The zero-order valence-electron chi connectivity index (χ0n) is 15.7. The molecule has 0 amide bonds. The lowest BCUT2D eigenvalue weighted by Crippen LogP contribution is -2.13. The monoisotopic (exact) mass is 358 g/mol. The van der Waals surface area contributed by atoms with Gasteiger partial charge in [-0.25, -0.2) is 14.3 Å². The van der Waals surface area contributed by atoms with Crippen LogP contribution in [0, 0.1) is 6.92 Å². The van der Waals surface area contributed by atoms with Gasteiger partial charge in [-0.2, -0.15) is 4.98 Å². The number of allylic oxidation sites excluding steroid dienone is 1. The maximum atomic E-state index is 10.7. The molecule has 0 aliphatic heterocycles. The highest BCUT2D eigenvalue weighted by molar-refractivity contribution is 5.85. The van der Waals surface area contributed by atoms with Gasteiger partial charge in [-0.3, -0.25) is 4.79 Å². The van der Waals surface area contributed by atoms with Gasteiger partial charge >= 0.3 is 5.97 Å². The van der Waals surface area contributed by atoms with Gasteiger partial charge in [-0.1, -0.05) is 25.8 Å². The summed E-state index contributed by atoms with van der Waals surface area (Å²) < 4.78 is 1.73. The van der Waals surface area contributed by atoms with Gasteiger partial charge in [0.2, 0.25) is 5.82 Å². The third-order valence-corrected chi connectivity index (χ3v) is 4.46. The second-order valence-corrected chi connectivity index (χ2v) is 6.46. The number of hydrogen-bond acceptors (Lipinski definition) is 5. The Labute approximate surface area is 153 Å². The largest absolute Gasteiger partial charge is 0.478 e. The number of aromatic nitrogens is 4. The summed E-state index contributed by atoms with van der Waals surface area (Å²) in [6.45, 7) is 5.71. The van der Waals surface area contributed by atoms with E-state index in [4.69, 9.17) is 5.11 Å². The molecule has 0 saturated heterocycles. The molecule has 0 bridgehead atoms. The third-order valence-electron chi connectivity index (χ3n) is 4.46. The second kappa shape index (κ2) is 9.22. The lowest BCUT2D eigenvalue weighted by Gasteiger charge is -2.17. The van der Waals surface area contributed by atoms with Crippen LogP contribution in [-0.4, -0.2) is 36.9 Å². The molecule has 2 heterocycles. The molecule has 0 unspecified atom stereocenters. The molecule has 7 nitrogen and oxygen atoms in total. The lowest BCUT2D eigenvalue weighted by atomic mass is 9.95. The van der Waals surface area contributed by atoms with E-state index in [1.54, 1.807) is 17.5 Å². The Hall–Kier alpha value is -2.57. The van der Waals surface area contributed by atoms with Gasteiger partial charge in [-0.05, 0) is 51.5 Å². The highest BCUT2D eigenvalue weighted by atomic mass is 16.4. The van der Waals surface area contributed by atoms with Crippen molar-refractivity contribution in [3.05, 3.63) is 34.4 Å². The predicted octanol–water partition coefficient (Wildman–Crippen LogP) is 3.33. The Kier molecular flexibility index (Phi) is 7.00. The van der Waals surface area contributed by atoms with Crippen molar-refractivity contribution in [2.75, 3.05) is 0 Å². The molecule has 140 valence electrons. The topological polar surface area (TPSA) is 97.5 Å². The number of carbonyl (C=O) groups excluding carboxylic acids is 1. The normalized spacial score (nSPS) is 13.7. The van der Waals surface area contributed by atoms with Crippen molar-refractivity contribution < 1.29 is 14.7 Å².